The van der Waals surface area contributed by atoms with Crippen LogP contribution in [0.5, 0.6) is 0 Å². The first-order valence-electron chi connectivity index (χ1n) is 6.84. The minimum absolute atomic E-state index is 0.0805. The first-order valence-corrected chi connectivity index (χ1v) is 8.67. The van der Waals surface area contributed by atoms with Gasteiger partial charge < -0.3 is 16.0 Å². The highest BCUT2D eigenvalue weighted by Gasteiger charge is 2.10. The predicted octanol–water partition coefficient (Wildman–Crippen LogP) is 1.61. The van der Waals surface area contributed by atoms with Gasteiger partial charge in [-0.1, -0.05) is 0 Å². The fourth-order valence-corrected chi connectivity index (χ4v) is 3.14. The van der Waals surface area contributed by atoms with Crippen LogP contribution < -0.4 is 16.0 Å². The number of aryl methyl sites for hydroxylation is 1. The van der Waals surface area contributed by atoms with Gasteiger partial charge in [-0.25, -0.2) is 4.98 Å². The van der Waals surface area contributed by atoms with E-state index < -0.39 is 0 Å². The second-order valence-electron chi connectivity index (χ2n) is 4.51. The quantitative estimate of drug-likeness (QED) is 0.425. The largest absolute Gasteiger partial charge is 0.355 e. The van der Waals surface area contributed by atoms with Crippen LogP contribution >= 0.6 is 22.7 Å². The van der Waals surface area contributed by atoms with Crippen LogP contribution in [-0.4, -0.2) is 37.0 Å². The maximum Gasteiger partial charge on any atom is 0.263 e. The van der Waals surface area contributed by atoms with E-state index in [0.29, 0.717) is 18.0 Å². The molecule has 1 amide bonds. The zero-order valence-electron chi connectivity index (χ0n) is 12.5. The SMILES string of the molecule is CN=C(NCCNC(=O)c1scnc1C)NCc1ccsc1. The van der Waals surface area contributed by atoms with Crippen LogP contribution in [0.25, 0.3) is 0 Å². The normalized spacial score (nSPS) is 11.3. The molecule has 0 spiro atoms. The summed E-state index contributed by atoms with van der Waals surface area (Å²) in [5.41, 5.74) is 3.67. The highest BCUT2D eigenvalue weighted by molar-refractivity contribution is 7.11. The molecule has 0 bridgehead atoms. The summed E-state index contributed by atoms with van der Waals surface area (Å²) in [6, 6.07) is 2.07. The number of guanidine groups is 1. The number of aromatic nitrogens is 1. The maximum atomic E-state index is 11.9. The van der Waals surface area contributed by atoms with Gasteiger partial charge in [0.2, 0.25) is 0 Å². The monoisotopic (exact) mass is 337 g/mol. The van der Waals surface area contributed by atoms with Crippen LogP contribution in [-0.2, 0) is 6.54 Å². The number of thiazole rings is 1. The predicted molar refractivity (Wildman–Crippen MR) is 91.7 cm³/mol. The van der Waals surface area contributed by atoms with Crippen molar-refractivity contribution in [1.82, 2.24) is 20.9 Å². The number of nitrogens with zero attached hydrogens (tertiary/aromatic N) is 2. The molecule has 0 aromatic carbocycles. The molecular formula is C14H19N5OS2. The Labute approximate surface area is 137 Å². The molecule has 8 heteroatoms. The number of hydrogen-bond donors (Lipinski definition) is 3. The number of rotatable bonds is 6. The van der Waals surface area contributed by atoms with E-state index in [0.717, 1.165) is 18.2 Å². The Hall–Kier alpha value is -1.93. The summed E-state index contributed by atoms with van der Waals surface area (Å²) in [5.74, 6) is 0.637. The summed E-state index contributed by atoms with van der Waals surface area (Å²) in [6.07, 6.45) is 0. The lowest BCUT2D eigenvalue weighted by Gasteiger charge is -2.11. The summed E-state index contributed by atoms with van der Waals surface area (Å²) < 4.78 is 0. The lowest BCUT2D eigenvalue weighted by molar-refractivity contribution is 0.0957. The van der Waals surface area contributed by atoms with E-state index in [4.69, 9.17) is 0 Å². The van der Waals surface area contributed by atoms with Gasteiger partial charge in [0.05, 0.1) is 11.2 Å². The van der Waals surface area contributed by atoms with Crippen LogP contribution in [0.2, 0.25) is 0 Å². The molecular weight excluding hydrogens is 318 g/mol. The third kappa shape index (κ3) is 4.81. The Morgan fingerprint density at radius 2 is 2.14 bits per heavy atom. The minimum atomic E-state index is -0.0805. The number of carbonyl (C=O) groups is 1. The van der Waals surface area contributed by atoms with Crippen LogP contribution in [0.15, 0.2) is 27.3 Å². The van der Waals surface area contributed by atoms with Gasteiger partial charge in [0, 0.05) is 26.7 Å². The molecule has 2 heterocycles. The summed E-state index contributed by atoms with van der Waals surface area (Å²) in [5, 5.41) is 13.4. The van der Waals surface area contributed by atoms with Gasteiger partial charge in [0.25, 0.3) is 5.91 Å². The molecule has 0 saturated carbocycles. The molecule has 0 aliphatic heterocycles. The van der Waals surface area contributed by atoms with Gasteiger partial charge >= 0.3 is 0 Å². The van der Waals surface area contributed by atoms with Crippen LogP contribution in [0.1, 0.15) is 20.9 Å². The molecule has 118 valence electrons. The molecule has 0 saturated heterocycles. The maximum absolute atomic E-state index is 11.9. The standard InChI is InChI=1S/C14H19N5OS2/c1-10-12(22-9-19-10)13(20)16-4-5-17-14(15-2)18-7-11-3-6-21-8-11/h3,6,8-9H,4-5,7H2,1-2H3,(H,16,20)(H2,15,17,18). The van der Waals surface area contributed by atoms with Gasteiger partial charge in [0.15, 0.2) is 5.96 Å². The van der Waals surface area contributed by atoms with Crippen molar-refractivity contribution in [2.75, 3.05) is 20.1 Å². The molecule has 0 unspecified atom stereocenters. The van der Waals surface area contributed by atoms with Crippen LogP contribution in [0.3, 0.4) is 0 Å². The van der Waals surface area contributed by atoms with E-state index in [-0.39, 0.29) is 5.91 Å². The average molecular weight is 337 g/mol. The molecule has 2 aromatic heterocycles. The Bertz CT molecular complexity index is 621. The Balaban J connectivity index is 1.66. The van der Waals surface area contributed by atoms with Crippen molar-refractivity contribution in [1.29, 1.82) is 0 Å². The average Bonchev–Trinajstić information content (AvgIpc) is 3.17. The number of nitrogens with one attached hydrogen (secondary N) is 3. The highest BCUT2D eigenvalue weighted by Crippen LogP contribution is 2.11. The van der Waals surface area contributed by atoms with Gasteiger partial charge in [-0.05, 0) is 29.3 Å². The van der Waals surface area contributed by atoms with Gasteiger partial charge in [-0.15, -0.1) is 11.3 Å². The second kappa shape index (κ2) is 8.50. The van der Waals surface area contributed by atoms with Crippen molar-refractivity contribution < 1.29 is 4.79 Å². The smallest absolute Gasteiger partial charge is 0.263 e. The molecule has 6 nitrogen and oxygen atoms in total. The molecule has 2 rings (SSSR count). The summed E-state index contributed by atoms with van der Waals surface area (Å²) in [7, 11) is 1.72. The third-order valence-corrected chi connectivity index (χ3v) is 4.58. The van der Waals surface area contributed by atoms with E-state index in [2.05, 4.69) is 37.4 Å². The van der Waals surface area contributed by atoms with Crippen molar-refractivity contribution in [2.45, 2.75) is 13.5 Å². The highest BCUT2D eigenvalue weighted by atomic mass is 32.1. The topological polar surface area (TPSA) is 78.4 Å². The molecule has 0 fully saturated rings. The summed E-state index contributed by atoms with van der Waals surface area (Å²) in [4.78, 5) is 20.8. The fraction of sp³-hybridized carbons (Fsp3) is 0.357. The zero-order valence-corrected chi connectivity index (χ0v) is 14.2. The Kier molecular flexibility index (Phi) is 6.35. The molecule has 0 aliphatic rings. The van der Waals surface area contributed by atoms with Crippen LogP contribution in [0, 0.1) is 6.92 Å². The summed E-state index contributed by atoms with van der Waals surface area (Å²) in [6.45, 7) is 3.69. The van der Waals surface area contributed by atoms with E-state index in [1.807, 2.05) is 12.3 Å². The molecule has 0 atom stereocenters. The van der Waals surface area contributed by atoms with E-state index in [1.165, 1.54) is 16.9 Å². The van der Waals surface area contributed by atoms with Gasteiger partial charge in [0.1, 0.15) is 4.88 Å². The van der Waals surface area contributed by atoms with Crippen molar-refractivity contribution in [3.05, 3.63) is 38.5 Å². The lowest BCUT2D eigenvalue weighted by Crippen LogP contribution is -2.41. The molecule has 22 heavy (non-hydrogen) atoms. The van der Waals surface area contributed by atoms with Crippen LogP contribution in [0.4, 0.5) is 0 Å². The minimum Gasteiger partial charge on any atom is -0.355 e. The van der Waals surface area contributed by atoms with Crippen molar-refractivity contribution >= 4 is 34.5 Å². The number of carbonyl (C=O) groups excluding carboxylic acids is 1. The van der Waals surface area contributed by atoms with E-state index >= 15 is 0 Å². The van der Waals surface area contributed by atoms with Gasteiger partial charge in [-0.3, -0.25) is 9.79 Å². The first kappa shape index (κ1) is 16.4. The van der Waals surface area contributed by atoms with E-state index in [1.54, 1.807) is 23.9 Å². The second-order valence-corrected chi connectivity index (χ2v) is 6.14. The van der Waals surface area contributed by atoms with Crippen molar-refractivity contribution in [3.8, 4) is 0 Å². The zero-order chi connectivity index (χ0) is 15.8. The van der Waals surface area contributed by atoms with E-state index in [9.17, 15) is 4.79 Å². The molecule has 3 N–H and O–H groups in total. The third-order valence-electron chi connectivity index (χ3n) is 2.92. The lowest BCUT2D eigenvalue weighted by atomic mass is 10.3. The van der Waals surface area contributed by atoms with Crippen molar-refractivity contribution in [3.63, 3.8) is 0 Å². The summed E-state index contributed by atoms with van der Waals surface area (Å²) >= 11 is 3.03. The molecule has 2 aromatic rings. The molecule has 0 aliphatic carbocycles. The first-order chi connectivity index (χ1) is 10.7. The van der Waals surface area contributed by atoms with Crippen molar-refractivity contribution in [2.24, 2.45) is 4.99 Å². The number of hydrogen-bond acceptors (Lipinski definition) is 5. The molecule has 0 radical (unpaired) electrons. The van der Waals surface area contributed by atoms with Gasteiger partial charge in [-0.2, -0.15) is 11.3 Å². The number of amides is 1. The Morgan fingerprint density at radius 1 is 1.32 bits per heavy atom. The number of aliphatic imine (C=N–C) groups is 1. The Morgan fingerprint density at radius 3 is 2.77 bits per heavy atom. The number of thiophene rings is 1. The fourth-order valence-electron chi connectivity index (χ4n) is 1.76.